The highest BCUT2D eigenvalue weighted by Crippen LogP contribution is 2.20. The van der Waals surface area contributed by atoms with Gasteiger partial charge in [-0.05, 0) is 47.1 Å². The Balaban J connectivity index is 2.99. The van der Waals surface area contributed by atoms with Crippen LogP contribution < -0.4 is 5.32 Å². The molecule has 2 N–H and O–H groups in total. The number of alkyl carbamates (subject to hydrolysis) is 1. The van der Waals surface area contributed by atoms with E-state index in [1.165, 1.54) is 0 Å². The maximum Gasteiger partial charge on any atom is 0.408 e. The third-order valence-corrected chi connectivity index (χ3v) is 2.79. The highest BCUT2D eigenvalue weighted by atomic mass is 16.6. The molecule has 0 aliphatic rings. The molecule has 0 fully saturated rings. The third-order valence-electron chi connectivity index (χ3n) is 2.79. The number of esters is 1. The minimum Gasteiger partial charge on any atom is -0.458 e. The van der Waals surface area contributed by atoms with Crippen LogP contribution in [-0.2, 0) is 14.3 Å². The van der Waals surface area contributed by atoms with E-state index in [1.807, 2.05) is 0 Å². The zero-order valence-electron chi connectivity index (χ0n) is 15.1. The smallest absolute Gasteiger partial charge is 0.408 e. The lowest BCUT2D eigenvalue weighted by molar-refractivity contribution is -0.160. The summed E-state index contributed by atoms with van der Waals surface area (Å²) in [6, 6.07) is 7.31. The normalized spacial score (nSPS) is 14.5. The quantitative estimate of drug-likeness (QED) is 0.825. The Bertz CT molecular complexity index is 557. The summed E-state index contributed by atoms with van der Waals surface area (Å²) in [4.78, 5) is 24.4. The van der Waals surface area contributed by atoms with Crippen molar-refractivity contribution in [2.24, 2.45) is 0 Å². The molecule has 0 saturated carbocycles. The van der Waals surface area contributed by atoms with Gasteiger partial charge in [0.25, 0.3) is 0 Å². The van der Waals surface area contributed by atoms with Crippen LogP contribution in [0.4, 0.5) is 4.79 Å². The average Bonchev–Trinajstić information content (AvgIpc) is 2.41. The van der Waals surface area contributed by atoms with Crippen molar-refractivity contribution >= 4 is 12.1 Å². The Morgan fingerprint density at radius 2 is 1.46 bits per heavy atom. The van der Waals surface area contributed by atoms with Gasteiger partial charge in [0, 0.05) is 0 Å². The molecule has 6 heteroatoms. The lowest BCUT2D eigenvalue weighted by atomic mass is 10.0. The summed E-state index contributed by atoms with van der Waals surface area (Å²) in [6.07, 6.45) is -2.05. The molecule has 1 amide bonds. The SMILES string of the molecule is CC(C)(C)OC(=O)N[C@H](C(=O)OC(C)(C)C)[C@H](O)c1ccccc1. The van der Waals surface area contributed by atoms with Crippen molar-refractivity contribution in [2.45, 2.75) is 64.9 Å². The molecule has 0 bridgehead atoms. The molecular formula is C18H27NO5. The van der Waals surface area contributed by atoms with Crippen molar-refractivity contribution in [2.75, 3.05) is 0 Å². The zero-order valence-corrected chi connectivity index (χ0v) is 15.1. The summed E-state index contributed by atoms with van der Waals surface area (Å²) in [5, 5.41) is 12.9. The highest BCUT2D eigenvalue weighted by molar-refractivity contribution is 5.82. The minimum absolute atomic E-state index is 0.490. The third kappa shape index (κ3) is 7.00. The first-order valence-corrected chi connectivity index (χ1v) is 7.84. The molecule has 0 spiro atoms. The van der Waals surface area contributed by atoms with E-state index in [0.29, 0.717) is 5.56 Å². The van der Waals surface area contributed by atoms with Gasteiger partial charge >= 0.3 is 12.1 Å². The van der Waals surface area contributed by atoms with Crippen molar-refractivity contribution < 1.29 is 24.2 Å². The first-order valence-electron chi connectivity index (χ1n) is 7.84. The second-order valence-electron chi connectivity index (χ2n) is 7.51. The van der Waals surface area contributed by atoms with Crippen LogP contribution in [0.5, 0.6) is 0 Å². The summed E-state index contributed by atoms with van der Waals surface area (Å²) >= 11 is 0. The molecule has 1 aromatic rings. The molecular weight excluding hydrogens is 310 g/mol. The minimum atomic E-state index is -1.28. The molecule has 2 atom stereocenters. The molecule has 0 aliphatic heterocycles. The van der Waals surface area contributed by atoms with Crippen LogP contribution in [0.15, 0.2) is 30.3 Å². The van der Waals surface area contributed by atoms with Crippen molar-refractivity contribution in [3.05, 3.63) is 35.9 Å². The average molecular weight is 337 g/mol. The molecule has 0 heterocycles. The van der Waals surface area contributed by atoms with Crippen LogP contribution in [-0.4, -0.2) is 34.4 Å². The maximum absolute atomic E-state index is 12.4. The van der Waals surface area contributed by atoms with Gasteiger partial charge in [-0.2, -0.15) is 0 Å². The zero-order chi connectivity index (χ0) is 18.5. The number of ether oxygens (including phenoxy) is 2. The molecule has 0 saturated heterocycles. The number of carbonyl (C=O) groups is 2. The van der Waals surface area contributed by atoms with E-state index in [1.54, 1.807) is 71.9 Å². The molecule has 1 rings (SSSR count). The first kappa shape index (κ1) is 20.0. The second-order valence-corrected chi connectivity index (χ2v) is 7.51. The molecule has 0 aliphatic carbocycles. The van der Waals surface area contributed by atoms with Crippen LogP contribution in [0.1, 0.15) is 53.2 Å². The van der Waals surface area contributed by atoms with E-state index in [9.17, 15) is 14.7 Å². The van der Waals surface area contributed by atoms with Gasteiger partial charge in [-0.25, -0.2) is 9.59 Å². The Labute approximate surface area is 143 Å². The molecule has 0 unspecified atom stereocenters. The molecule has 0 aromatic heterocycles. The van der Waals surface area contributed by atoms with Crippen LogP contribution in [0.25, 0.3) is 0 Å². The number of benzene rings is 1. The monoisotopic (exact) mass is 337 g/mol. The van der Waals surface area contributed by atoms with E-state index in [4.69, 9.17) is 9.47 Å². The van der Waals surface area contributed by atoms with Crippen LogP contribution in [0, 0.1) is 0 Å². The van der Waals surface area contributed by atoms with Gasteiger partial charge in [0.15, 0.2) is 6.04 Å². The Morgan fingerprint density at radius 3 is 1.92 bits per heavy atom. The number of aliphatic hydroxyl groups is 1. The van der Waals surface area contributed by atoms with Gasteiger partial charge in [-0.15, -0.1) is 0 Å². The maximum atomic E-state index is 12.4. The fourth-order valence-corrected chi connectivity index (χ4v) is 1.91. The summed E-state index contributed by atoms with van der Waals surface area (Å²) in [5.74, 6) is -0.732. The van der Waals surface area contributed by atoms with Crippen molar-refractivity contribution in [1.29, 1.82) is 0 Å². The van der Waals surface area contributed by atoms with Crippen molar-refractivity contribution in [3.63, 3.8) is 0 Å². The van der Waals surface area contributed by atoms with Gasteiger partial charge in [-0.3, -0.25) is 0 Å². The lowest BCUT2D eigenvalue weighted by Gasteiger charge is -2.28. The number of aliphatic hydroxyl groups excluding tert-OH is 1. The molecule has 24 heavy (non-hydrogen) atoms. The summed E-state index contributed by atoms with van der Waals surface area (Å²) < 4.78 is 10.5. The number of carbonyl (C=O) groups excluding carboxylic acids is 2. The van der Waals surface area contributed by atoms with Gasteiger partial charge in [-0.1, -0.05) is 30.3 Å². The number of hydrogen-bond donors (Lipinski definition) is 2. The fourth-order valence-electron chi connectivity index (χ4n) is 1.91. The summed E-state index contributed by atoms with van der Waals surface area (Å²) in [5.41, 5.74) is -0.980. The molecule has 134 valence electrons. The van der Waals surface area contributed by atoms with Crippen LogP contribution in [0.3, 0.4) is 0 Å². The first-order chi connectivity index (χ1) is 10.9. The highest BCUT2D eigenvalue weighted by Gasteiger charge is 2.34. The van der Waals surface area contributed by atoms with Gasteiger partial charge in [0.05, 0.1) is 0 Å². The molecule has 1 aromatic carbocycles. The second kappa shape index (κ2) is 7.66. The predicted molar refractivity (Wildman–Crippen MR) is 90.4 cm³/mol. The molecule has 0 radical (unpaired) electrons. The van der Waals surface area contributed by atoms with E-state index in [2.05, 4.69) is 5.32 Å². The number of nitrogens with one attached hydrogen (secondary N) is 1. The van der Waals surface area contributed by atoms with Crippen LogP contribution in [0.2, 0.25) is 0 Å². The van der Waals surface area contributed by atoms with E-state index >= 15 is 0 Å². The van der Waals surface area contributed by atoms with Crippen molar-refractivity contribution in [3.8, 4) is 0 Å². The van der Waals surface area contributed by atoms with E-state index in [0.717, 1.165) is 0 Å². The van der Waals surface area contributed by atoms with E-state index in [-0.39, 0.29) is 0 Å². The Hall–Kier alpha value is -2.08. The van der Waals surface area contributed by atoms with E-state index < -0.39 is 35.4 Å². The Morgan fingerprint density at radius 1 is 0.958 bits per heavy atom. The summed E-state index contributed by atoms with van der Waals surface area (Å²) in [6.45, 7) is 10.3. The predicted octanol–water partition coefficient (Wildman–Crippen LogP) is 2.96. The number of hydrogen-bond acceptors (Lipinski definition) is 5. The fraction of sp³-hybridized carbons (Fsp3) is 0.556. The molecule has 6 nitrogen and oxygen atoms in total. The Kier molecular flexibility index (Phi) is 6.37. The number of rotatable bonds is 4. The lowest BCUT2D eigenvalue weighted by Crippen LogP contribution is -2.49. The standard InChI is InChI=1S/C18H27NO5/c1-17(2,3)23-15(21)13(19-16(22)24-18(4,5)6)14(20)12-10-8-7-9-11-12/h7-11,13-14,20H,1-6H3,(H,19,22)/t13-,14+/m0/s1. The van der Waals surface area contributed by atoms with Crippen LogP contribution >= 0.6 is 0 Å². The summed E-state index contributed by atoms with van der Waals surface area (Å²) in [7, 11) is 0. The van der Waals surface area contributed by atoms with Gasteiger partial charge in [0.2, 0.25) is 0 Å². The topological polar surface area (TPSA) is 84.9 Å². The van der Waals surface area contributed by atoms with Gasteiger partial charge < -0.3 is 19.9 Å². The van der Waals surface area contributed by atoms with Gasteiger partial charge in [0.1, 0.15) is 17.3 Å². The number of amides is 1. The van der Waals surface area contributed by atoms with Crippen molar-refractivity contribution in [1.82, 2.24) is 5.32 Å². The largest absolute Gasteiger partial charge is 0.458 e.